The highest BCUT2D eigenvalue weighted by molar-refractivity contribution is 5.55. The predicted octanol–water partition coefficient (Wildman–Crippen LogP) is 2.70. The molecule has 0 atom stereocenters. The molecule has 1 aliphatic rings. The van der Waals surface area contributed by atoms with E-state index in [4.69, 9.17) is 5.73 Å². The molecule has 100 valence electrons. The van der Waals surface area contributed by atoms with Crippen molar-refractivity contribution in [3.8, 4) is 6.07 Å². The molecule has 1 aliphatic carbocycles. The molecular formula is C16H16N4. The van der Waals surface area contributed by atoms with E-state index < -0.39 is 0 Å². The van der Waals surface area contributed by atoms with Crippen LogP contribution < -0.4 is 10.6 Å². The fourth-order valence-corrected chi connectivity index (χ4v) is 2.36. The normalized spacial score (nSPS) is 13.8. The molecule has 0 radical (unpaired) electrons. The predicted molar refractivity (Wildman–Crippen MR) is 79.0 cm³/mol. The highest BCUT2D eigenvalue weighted by Crippen LogP contribution is 2.33. The Balaban J connectivity index is 1.92. The first-order valence-corrected chi connectivity index (χ1v) is 6.74. The Hall–Kier alpha value is -2.54. The lowest BCUT2D eigenvalue weighted by Crippen LogP contribution is -2.26. The third kappa shape index (κ3) is 2.57. The van der Waals surface area contributed by atoms with Gasteiger partial charge in [-0.25, -0.2) is 4.98 Å². The van der Waals surface area contributed by atoms with Crippen molar-refractivity contribution in [2.24, 2.45) is 0 Å². The number of hydrogen-bond donors (Lipinski definition) is 1. The molecule has 2 N–H and O–H groups in total. The Morgan fingerprint density at radius 3 is 2.85 bits per heavy atom. The van der Waals surface area contributed by atoms with Gasteiger partial charge in [0, 0.05) is 24.5 Å². The van der Waals surface area contributed by atoms with Gasteiger partial charge in [0.2, 0.25) is 0 Å². The Labute approximate surface area is 118 Å². The maximum atomic E-state index is 9.24. The molecule has 1 fully saturated rings. The first-order valence-electron chi connectivity index (χ1n) is 6.74. The van der Waals surface area contributed by atoms with E-state index in [0.717, 1.165) is 36.5 Å². The van der Waals surface area contributed by atoms with Gasteiger partial charge in [-0.15, -0.1) is 0 Å². The molecular weight excluding hydrogens is 248 g/mol. The summed E-state index contributed by atoms with van der Waals surface area (Å²) < 4.78 is 0. The monoisotopic (exact) mass is 264 g/mol. The first-order chi connectivity index (χ1) is 9.78. The van der Waals surface area contributed by atoms with Gasteiger partial charge in [0.25, 0.3) is 0 Å². The molecule has 0 saturated heterocycles. The number of rotatable bonds is 4. The van der Waals surface area contributed by atoms with Crippen LogP contribution in [0, 0.1) is 11.3 Å². The van der Waals surface area contributed by atoms with Crippen LogP contribution in [-0.2, 0) is 6.54 Å². The molecule has 2 aromatic rings. The number of anilines is 2. The van der Waals surface area contributed by atoms with Crippen molar-refractivity contribution in [3.05, 3.63) is 53.7 Å². The summed E-state index contributed by atoms with van der Waals surface area (Å²) in [5.41, 5.74) is 8.37. The number of pyridine rings is 1. The molecule has 4 heteroatoms. The van der Waals surface area contributed by atoms with Crippen LogP contribution in [0.3, 0.4) is 0 Å². The smallest absolute Gasteiger partial charge is 0.147 e. The van der Waals surface area contributed by atoms with Crippen molar-refractivity contribution in [1.82, 2.24) is 4.98 Å². The minimum Gasteiger partial charge on any atom is -0.399 e. The maximum absolute atomic E-state index is 9.24. The molecule has 0 spiro atoms. The fraction of sp³-hybridized carbons (Fsp3) is 0.250. The number of nitriles is 1. The molecule has 20 heavy (non-hydrogen) atoms. The highest BCUT2D eigenvalue weighted by atomic mass is 15.2. The first kappa shape index (κ1) is 12.5. The van der Waals surface area contributed by atoms with Gasteiger partial charge in [0.05, 0.1) is 5.56 Å². The zero-order valence-corrected chi connectivity index (χ0v) is 11.2. The van der Waals surface area contributed by atoms with Crippen LogP contribution in [0.15, 0.2) is 42.6 Å². The van der Waals surface area contributed by atoms with Crippen LogP contribution in [0.4, 0.5) is 11.5 Å². The van der Waals surface area contributed by atoms with Crippen molar-refractivity contribution >= 4 is 11.5 Å². The Morgan fingerprint density at radius 2 is 2.15 bits per heavy atom. The van der Waals surface area contributed by atoms with E-state index in [-0.39, 0.29) is 0 Å². The van der Waals surface area contributed by atoms with Crippen molar-refractivity contribution in [3.63, 3.8) is 0 Å². The summed E-state index contributed by atoms with van der Waals surface area (Å²) in [6.07, 6.45) is 4.05. The van der Waals surface area contributed by atoms with Crippen LogP contribution >= 0.6 is 0 Å². The summed E-state index contributed by atoms with van der Waals surface area (Å²) in [5.74, 6) is 0.778. The second-order valence-corrected chi connectivity index (χ2v) is 5.09. The zero-order valence-electron chi connectivity index (χ0n) is 11.2. The topological polar surface area (TPSA) is 65.9 Å². The second-order valence-electron chi connectivity index (χ2n) is 5.09. The zero-order chi connectivity index (χ0) is 13.9. The van der Waals surface area contributed by atoms with Crippen molar-refractivity contribution in [2.45, 2.75) is 25.4 Å². The average Bonchev–Trinajstić information content (AvgIpc) is 3.29. The van der Waals surface area contributed by atoms with E-state index in [1.54, 1.807) is 12.3 Å². The lowest BCUT2D eigenvalue weighted by molar-refractivity contribution is 0.777. The molecule has 3 rings (SSSR count). The Kier molecular flexibility index (Phi) is 3.26. The van der Waals surface area contributed by atoms with E-state index >= 15 is 0 Å². The van der Waals surface area contributed by atoms with Gasteiger partial charge in [0.1, 0.15) is 11.9 Å². The van der Waals surface area contributed by atoms with Gasteiger partial charge in [0.15, 0.2) is 0 Å². The summed E-state index contributed by atoms with van der Waals surface area (Å²) >= 11 is 0. The van der Waals surface area contributed by atoms with Gasteiger partial charge < -0.3 is 10.6 Å². The van der Waals surface area contributed by atoms with Crippen LogP contribution in [0.2, 0.25) is 0 Å². The highest BCUT2D eigenvalue weighted by Gasteiger charge is 2.31. The number of hydrogen-bond acceptors (Lipinski definition) is 4. The van der Waals surface area contributed by atoms with Crippen LogP contribution in [-0.4, -0.2) is 11.0 Å². The van der Waals surface area contributed by atoms with E-state index in [1.807, 2.05) is 24.3 Å². The number of nitrogens with two attached hydrogens (primary N) is 1. The van der Waals surface area contributed by atoms with E-state index in [2.05, 4.69) is 22.0 Å². The van der Waals surface area contributed by atoms with Gasteiger partial charge in [-0.3, -0.25) is 0 Å². The molecule has 1 aromatic carbocycles. The minimum absolute atomic E-state index is 0.485. The van der Waals surface area contributed by atoms with E-state index in [9.17, 15) is 5.26 Å². The number of nitrogens with zero attached hydrogens (tertiary/aromatic N) is 3. The van der Waals surface area contributed by atoms with Crippen molar-refractivity contribution in [1.29, 1.82) is 5.26 Å². The van der Waals surface area contributed by atoms with Crippen LogP contribution in [0.1, 0.15) is 24.0 Å². The van der Waals surface area contributed by atoms with Gasteiger partial charge in [-0.1, -0.05) is 12.1 Å². The van der Waals surface area contributed by atoms with Gasteiger partial charge in [-0.05, 0) is 42.7 Å². The largest absolute Gasteiger partial charge is 0.399 e. The number of nitrogen functional groups attached to an aromatic ring is 1. The molecule has 1 aromatic heterocycles. The molecule has 0 amide bonds. The minimum atomic E-state index is 0.485. The lowest BCUT2D eigenvalue weighted by atomic mass is 10.1. The summed E-state index contributed by atoms with van der Waals surface area (Å²) in [6.45, 7) is 0.737. The molecule has 0 bridgehead atoms. The number of aromatic nitrogens is 1. The van der Waals surface area contributed by atoms with Gasteiger partial charge in [-0.2, -0.15) is 5.26 Å². The van der Waals surface area contributed by atoms with Gasteiger partial charge >= 0.3 is 0 Å². The lowest BCUT2D eigenvalue weighted by Gasteiger charge is -2.24. The van der Waals surface area contributed by atoms with Crippen LogP contribution in [0.25, 0.3) is 0 Å². The molecule has 0 aliphatic heterocycles. The summed E-state index contributed by atoms with van der Waals surface area (Å²) in [7, 11) is 0. The van der Waals surface area contributed by atoms with E-state index in [1.165, 1.54) is 0 Å². The second kappa shape index (κ2) is 5.22. The number of benzene rings is 1. The summed E-state index contributed by atoms with van der Waals surface area (Å²) in [4.78, 5) is 6.62. The van der Waals surface area contributed by atoms with Crippen molar-refractivity contribution < 1.29 is 0 Å². The quantitative estimate of drug-likeness (QED) is 0.862. The summed E-state index contributed by atoms with van der Waals surface area (Å²) in [6, 6.07) is 14.2. The average molecular weight is 264 g/mol. The van der Waals surface area contributed by atoms with Crippen molar-refractivity contribution in [2.75, 3.05) is 10.6 Å². The SMILES string of the molecule is N#Cc1cccnc1N(Cc1cccc(N)c1)C1CC1. The Morgan fingerprint density at radius 1 is 1.30 bits per heavy atom. The molecule has 1 saturated carbocycles. The fourth-order valence-electron chi connectivity index (χ4n) is 2.36. The maximum Gasteiger partial charge on any atom is 0.147 e. The summed E-state index contributed by atoms with van der Waals surface area (Å²) in [5, 5.41) is 9.24. The van der Waals surface area contributed by atoms with Crippen LogP contribution in [0.5, 0.6) is 0 Å². The van der Waals surface area contributed by atoms with E-state index in [0.29, 0.717) is 11.6 Å². The molecule has 0 unspecified atom stereocenters. The third-order valence-corrected chi connectivity index (χ3v) is 3.47. The molecule has 4 nitrogen and oxygen atoms in total. The Bertz CT molecular complexity index is 656. The third-order valence-electron chi connectivity index (χ3n) is 3.47. The molecule has 1 heterocycles. The standard InChI is InChI=1S/C16H16N4/c17-10-13-4-2-8-19-16(13)20(15-6-7-15)11-12-3-1-5-14(18)9-12/h1-5,8-9,15H,6-7,11,18H2.